The number of aryl methyl sites for hydroxylation is 1. The first-order chi connectivity index (χ1) is 12.0. The Bertz CT molecular complexity index is 1020. The number of halogens is 1. The van der Waals surface area contributed by atoms with E-state index in [1.807, 2.05) is 24.3 Å². The van der Waals surface area contributed by atoms with E-state index in [1.165, 1.54) is 4.90 Å². The van der Waals surface area contributed by atoms with E-state index in [4.69, 9.17) is 21.8 Å². The fraction of sp³-hybridized carbons (Fsp3) is 0.158. The number of nitrogens with zero attached hydrogens (tertiary/aromatic N) is 1. The lowest BCUT2D eigenvalue weighted by Gasteiger charge is -2.22. The number of benzene rings is 2. The molecular formula is C19H15ClN2O3. The van der Waals surface area contributed by atoms with E-state index in [9.17, 15) is 9.59 Å². The van der Waals surface area contributed by atoms with Crippen molar-refractivity contribution in [2.45, 2.75) is 19.4 Å². The van der Waals surface area contributed by atoms with E-state index in [-0.39, 0.29) is 11.7 Å². The molecule has 5 nitrogen and oxygen atoms in total. The number of hydrogen-bond donors (Lipinski definition) is 1. The summed E-state index contributed by atoms with van der Waals surface area (Å²) >= 11 is 6.04. The van der Waals surface area contributed by atoms with Crippen LogP contribution >= 0.6 is 11.6 Å². The van der Waals surface area contributed by atoms with Crippen LogP contribution in [-0.4, -0.2) is 17.9 Å². The number of carbonyl (C=O) groups is 2. The van der Waals surface area contributed by atoms with Crippen molar-refractivity contribution in [2.24, 2.45) is 5.73 Å². The molecular weight excluding hydrogens is 340 g/mol. The van der Waals surface area contributed by atoms with Crippen LogP contribution in [0.3, 0.4) is 0 Å². The second-order valence-corrected chi connectivity index (χ2v) is 6.56. The molecule has 0 fully saturated rings. The molecule has 0 aliphatic carbocycles. The number of carbonyl (C=O) groups excluding carboxylic acids is 2. The maximum Gasteiger partial charge on any atom is 0.295 e. The summed E-state index contributed by atoms with van der Waals surface area (Å²) in [6.07, 6.45) is 0.405. The first kappa shape index (κ1) is 15.7. The van der Waals surface area contributed by atoms with Crippen molar-refractivity contribution < 1.29 is 14.0 Å². The lowest BCUT2D eigenvalue weighted by Crippen LogP contribution is -2.46. The molecule has 0 radical (unpaired) electrons. The molecule has 126 valence electrons. The molecule has 0 unspecified atom stereocenters. The summed E-state index contributed by atoms with van der Waals surface area (Å²) in [6.45, 7) is 1.80. The Hall–Kier alpha value is -2.79. The third-order valence-corrected chi connectivity index (χ3v) is 4.85. The summed E-state index contributed by atoms with van der Waals surface area (Å²) in [7, 11) is 0. The molecule has 0 bridgehead atoms. The van der Waals surface area contributed by atoms with E-state index in [2.05, 4.69) is 0 Å². The molecule has 6 heteroatoms. The molecule has 0 spiro atoms. The number of rotatable bonds is 2. The summed E-state index contributed by atoms with van der Waals surface area (Å²) in [5.41, 5.74) is 8.41. The molecule has 2 aromatic carbocycles. The largest absolute Gasteiger partial charge is 0.451 e. The molecule has 4 rings (SSSR count). The summed E-state index contributed by atoms with van der Waals surface area (Å²) in [5, 5.41) is 1.34. The number of furan rings is 1. The molecule has 1 atom stereocenters. The molecule has 0 saturated carbocycles. The minimum atomic E-state index is -0.721. The quantitative estimate of drug-likeness (QED) is 0.765. The van der Waals surface area contributed by atoms with Crippen LogP contribution < -0.4 is 10.6 Å². The van der Waals surface area contributed by atoms with E-state index in [0.717, 1.165) is 10.9 Å². The number of anilines is 1. The zero-order valence-electron chi connectivity index (χ0n) is 13.5. The number of fused-ring (bicyclic) bond motifs is 2. The van der Waals surface area contributed by atoms with Crippen LogP contribution in [0.2, 0.25) is 5.02 Å². The predicted octanol–water partition coefficient (Wildman–Crippen LogP) is 3.45. The summed E-state index contributed by atoms with van der Waals surface area (Å²) in [6, 6.07) is 11.9. The Kier molecular flexibility index (Phi) is 3.54. The second kappa shape index (κ2) is 5.63. The highest BCUT2D eigenvalue weighted by atomic mass is 35.5. The normalized spacial score (nSPS) is 16.2. The van der Waals surface area contributed by atoms with Gasteiger partial charge in [-0.3, -0.25) is 14.5 Å². The van der Waals surface area contributed by atoms with Crippen LogP contribution in [0.15, 0.2) is 46.9 Å². The van der Waals surface area contributed by atoms with Gasteiger partial charge < -0.3 is 10.2 Å². The highest BCUT2D eigenvalue weighted by Gasteiger charge is 2.39. The topological polar surface area (TPSA) is 76.5 Å². The van der Waals surface area contributed by atoms with Crippen LogP contribution in [0.5, 0.6) is 0 Å². The number of para-hydroxylation sites is 1. The second-order valence-electron chi connectivity index (χ2n) is 6.12. The van der Waals surface area contributed by atoms with Gasteiger partial charge >= 0.3 is 0 Å². The van der Waals surface area contributed by atoms with Gasteiger partial charge in [0.25, 0.3) is 5.91 Å². The molecule has 25 heavy (non-hydrogen) atoms. The Labute approximate surface area is 149 Å². The summed E-state index contributed by atoms with van der Waals surface area (Å²) in [4.78, 5) is 26.5. The van der Waals surface area contributed by atoms with E-state index in [0.29, 0.717) is 28.3 Å². The standard InChI is InChI=1S/C19H15ClN2O3/c1-10-13-9-12(20)6-7-16(13)25-17(10)19(24)22-14-5-3-2-4-11(14)8-15(22)18(21)23/h2-7,9,15H,8H2,1H3,(H2,21,23)/t15-/m0/s1. The third-order valence-electron chi connectivity index (χ3n) is 4.62. The minimum absolute atomic E-state index is 0.195. The molecule has 2 N–H and O–H groups in total. The maximum atomic E-state index is 13.2. The van der Waals surface area contributed by atoms with Crippen LogP contribution in [0, 0.1) is 6.92 Å². The van der Waals surface area contributed by atoms with Crippen molar-refractivity contribution >= 4 is 40.1 Å². The van der Waals surface area contributed by atoms with Gasteiger partial charge in [-0.15, -0.1) is 0 Å². The van der Waals surface area contributed by atoms with Crippen molar-refractivity contribution in [3.63, 3.8) is 0 Å². The van der Waals surface area contributed by atoms with E-state index in [1.54, 1.807) is 25.1 Å². The van der Waals surface area contributed by atoms with E-state index < -0.39 is 11.9 Å². The highest BCUT2D eigenvalue weighted by Crippen LogP contribution is 2.35. The van der Waals surface area contributed by atoms with Gasteiger partial charge in [-0.05, 0) is 36.8 Å². The summed E-state index contributed by atoms with van der Waals surface area (Å²) in [5.74, 6) is -0.722. The first-order valence-corrected chi connectivity index (χ1v) is 8.24. The van der Waals surface area contributed by atoms with Gasteiger partial charge in [0.1, 0.15) is 11.6 Å². The van der Waals surface area contributed by atoms with Crippen LogP contribution in [-0.2, 0) is 11.2 Å². The Balaban J connectivity index is 1.85. The van der Waals surface area contributed by atoms with E-state index >= 15 is 0 Å². The molecule has 1 aromatic heterocycles. The van der Waals surface area contributed by atoms with Crippen LogP contribution in [0.4, 0.5) is 5.69 Å². The first-order valence-electron chi connectivity index (χ1n) is 7.87. The SMILES string of the molecule is Cc1c(C(=O)N2c3ccccc3C[C@H]2C(N)=O)oc2ccc(Cl)cc12. The maximum absolute atomic E-state index is 13.2. The molecule has 0 saturated heterocycles. The fourth-order valence-electron chi connectivity index (χ4n) is 3.37. The van der Waals surface area contributed by atoms with Crippen molar-refractivity contribution in [3.8, 4) is 0 Å². The number of hydrogen-bond acceptors (Lipinski definition) is 3. The number of nitrogens with two attached hydrogens (primary N) is 1. The number of amides is 2. The molecule has 2 heterocycles. The van der Waals surface area contributed by atoms with Crippen LogP contribution in [0.25, 0.3) is 11.0 Å². The highest BCUT2D eigenvalue weighted by molar-refractivity contribution is 6.31. The minimum Gasteiger partial charge on any atom is -0.451 e. The monoisotopic (exact) mass is 354 g/mol. The average molecular weight is 355 g/mol. The van der Waals surface area contributed by atoms with Gasteiger partial charge in [0.05, 0.1) is 0 Å². The predicted molar refractivity (Wildman–Crippen MR) is 95.9 cm³/mol. The zero-order chi connectivity index (χ0) is 17.7. The van der Waals surface area contributed by atoms with Gasteiger partial charge in [0.2, 0.25) is 5.91 Å². The molecule has 3 aromatic rings. The van der Waals surface area contributed by atoms with Crippen molar-refractivity contribution in [3.05, 3.63) is 64.4 Å². The molecule has 1 aliphatic rings. The van der Waals surface area contributed by atoms with Crippen LogP contribution in [0.1, 0.15) is 21.7 Å². The summed E-state index contributed by atoms with van der Waals surface area (Å²) < 4.78 is 5.77. The van der Waals surface area contributed by atoms with Gasteiger partial charge in [0.15, 0.2) is 5.76 Å². The number of primary amides is 1. The molecule has 1 aliphatic heterocycles. The van der Waals surface area contributed by atoms with Gasteiger partial charge in [-0.25, -0.2) is 0 Å². The average Bonchev–Trinajstić information content (AvgIpc) is 3.13. The van der Waals surface area contributed by atoms with Gasteiger partial charge in [-0.1, -0.05) is 29.8 Å². The zero-order valence-corrected chi connectivity index (χ0v) is 14.2. The van der Waals surface area contributed by atoms with Gasteiger partial charge in [-0.2, -0.15) is 0 Å². The lowest BCUT2D eigenvalue weighted by molar-refractivity contribution is -0.119. The van der Waals surface area contributed by atoms with Crippen molar-refractivity contribution in [1.82, 2.24) is 0 Å². The Morgan fingerprint density at radius 2 is 2.00 bits per heavy atom. The Morgan fingerprint density at radius 1 is 1.24 bits per heavy atom. The fourth-order valence-corrected chi connectivity index (χ4v) is 3.54. The van der Waals surface area contributed by atoms with Crippen molar-refractivity contribution in [2.75, 3.05) is 4.90 Å². The molecule has 2 amide bonds. The third kappa shape index (κ3) is 2.39. The van der Waals surface area contributed by atoms with Crippen molar-refractivity contribution in [1.29, 1.82) is 0 Å². The smallest absolute Gasteiger partial charge is 0.295 e. The Morgan fingerprint density at radius 3 is 2.76 bits per heavy atom. The lowest BCUT2D eigenvalue weighted by atomic mass is 10.1. The van der Waals surface area contributed by atoms with Gasteiger partial charge in [0, 0.05) is 28.1 Å².